The zero-order valence-corrected chi connectivity index (χ0v) is 30.0. The van der Waals surface area contributed by atoms with Gasteiger partial charge in [-0.2, -0.15) is 0 Å². The molecule has 10 rings (SSSR count). The lowest BCUT2D eigenvalue weighted by atomic mass is 9.90. The van der Waals surface area contributed by atoms with Gasteiger partial charge < -0.3 is 15.4 Å². The van der Waals surface area contributed by atoms with E-state index in [1.807, 2.05) is 18.3 Å². The zero-order chi connectivity index (χ0) is 36.7. The van der Waals surface area contributed by atoms with Crippen molar-refractivity contribution in [3.63, 3.8) is 0 Å². The standard InChI is InChI=1S/C51H36N4/c52-33-38(41-20-8-10-22-43(41)42-21-9-7-19-40(42)35-15-3-1-4-16-35)34-53-55-50-26-14-12-24-45(50)47-32-37(28-30-51(47)55)36-27-29-49-46(31-36)44-23-11-13-25-48(44)54(49)39-17-5-2-6-18-39/h1-34,52-53H/b38-34+,52-33?. The molecule has 0 saturated carbocycles. The Labute approximate surface area is 319 Å². The highest BCUT2D eigenvalue weighted by Gasteiger charge is 2.16. The smallest absolute Gasteiger partial charge is 0.0710 e. The summed E-state index contributed by atoms with van der Waals surface area (Å²) in [6, 6.07) is 68.7. The molecule has 0 saturated heterocycles. The van der Waals surface area contributed by atoms with E-state index in [1.54, 1.807) is 0 Å². The molecule has 0 unspecified atom stereocenters. The second-order valence-electron chi connectivity index (χ2n) is 13.8. The van der Waals surface area contributed by atoms with Crippen LogP contribution in [0.3, 0.4) is 0 Å². The van der Waals surface area contributed by atoms with E-state index in [0.717, 1.165) is 66.4 Å². The van der Waals surface area contributed by atoms with Gasteiger partial charge in [-0.15, -0.1) is 0 Å². The van der Waals surface area contributed by atoms with E-state index in [1.165, 1.54) is 33.6 Å². The summed E-state index contributed by atoms with van der Waals surface area (Å²) in [5, 5.41) is 13.4. The van der Waals surface area contributed by atoms with E-state index >= 15 is 0 Å². The summed E-state index contributed by atoms with van der Waals surface area (Å²) in [6.07, 6.45) is 3.39. The maximum absolute atomic E-state index is 8.57. The van der Waals surface area contributed by atoms with E-state index in [0.29, 0.717) is 0 Å². The first-order valence-corrected chi connectivity index (χ1v) is 18.6. The van der Waals surface area contributed by atoms with E-state index in [2.05, 4.69) is 197 Å². The monoisotopic (exact) mass is 704 g/mol. The number of aromatic nitrogens is 2. The Balaban J connectivity index is 1.06. The molecular formula is C51H36N4. The Morgan fingerprint density at radius 1 is 0.418 bits per heavy atom. The summed E-state index contributed by atoms with van der Waals surface area (Å²) in [5.41, 5.74) is 17.9. The lowest BCUT2D eigenvalue weighted by molar-refractivity contribution is 1.05. The Bertz CT molecular complexity index is 3080. The van der Waals surface area contributed by atoms with Crippen LogP contribution in [-0.2, 0) is 0 Å². The molecule has 0 aliphatic carbocycles. The molecule has 55 heavy (non-hydrogen) atoms. The van der Waals surface area contributed by atoms with Gasteiger partial charge in [0.15, 0.2) is 0 Å². The Kier molecular flexibility index (Phi) is 7.93. The fourth-order valence-electron chi connectivity index (χ4n) is 8.19. The van der Waals surface area contributed by atoms with Crippen molar-refractivity contribution >= 4 is 55.4 Å². The van der Waals surface area contributed by atoms with Crippen LogP contribution in [0.15, 0.2) is 200 Å². The van der Waals surface area contributed by atoms with Gasteiger partial charge in [-0.1, -0.05) is 146 Å². The van der Waals surface area contributed by atoms with Gasteiger partial charge in [0.1, 0.15) is 0 Å². The predicted molar refractivity (Wildman–Crippen MR) is 233 cm³/mol. The topological polar surface area (TPSA) is 45.7 Å². The third-order valence-electron chi connectivity index (χ3n) is 10.7. The van der Waals surface area contributed by atoms with E-state index in [9.17, 15) is 0 Å². The van der Waals surface area contributed by atoms with Crippen LogP contribution in [0.5, 0.6) is 0 Å². The van der Waals surface area contributed by atoms with Crippen molar-refractivity contribution in [3.05, 3.63) is 206 Å². The van der Waals surface area contributed by atoms with Crippen LogP contribution in [-0.4, -0.2) is 15.5 Å². The molecule has 0 radical (unpaired) electrons. The van der Waals surface area contributed by atoms with Crippen molar-refractivity contribution in [2.24, 2.45) is 0 Å². The second kappa shape index (κ2) is 13.5. The second-order valence-corrected chi connectivity index (χ2v) is 13.8. The lowest BCUT2D eigenvalue weighted by Gasteiger charge is -2.15. The molecule has 4 heteroatoms. The number of nitrogens with one attached hydrogen (secondary N) is 2. The highest BCUT2D eigenvalue weighted by atomic mass is 15.4. The minimum atomic E-state index is 0.781. The highest BCUT2D eigenvalue weighted by molar-refractivity contribution is 6.14. The van der Waals surface area contributed by atoms with Gasteiger partial charge >= 0.3 is 0 Å². The van der Waals surface area contributed by atoms with Crippen molar-refractivity contribution in [2.45, 2.75) is 0 Å². The maximum Gasteiger partial charge on any atom is 0.0710 e. The highest BCUT2D eigenvalue weighted by Crippen LogP contribution is 2.38. The summed E-state index contributed by atoms with van der Waals surface area (Å²) in [7, 11) is 0. The molecule has 0 aliphatic rings. The molecule has 2 N–H and O–H groups in total. The molecule has 0 bridgehead atoms. The van der Waals surface area contributed by atoms with Crippen LogP contribution < -0.4 is 5.43 Å². The molecule has 0 aliphatic heterocycles. The first-order valence-electron chi connectivity index (χ1n) is 18.6. The molecule has 2 heterocycles. The van der Waals surface area contributed by atoms with E-state index in [-0.39, 0.29) is 0 Å². The van der Waals surface area contributed by atoms with Gasteiger partial charge in [-0.25, -0.2) is 0 Å². The number of hydrogen-bond donors (Lipinski definition) is 2. The Hall–Kier alpha value is -7.43. The first-order chi connectivity index (χ1) is 27.3. The van der Waals surface area contributed by atoms with E-state index < -0.39 is 0 Å². The van der Waals surface area contributed by atoms with Gasteiger partial charge in [-0.3, -0.25) is 4.68 Å². The predicted octanol–water partition coefficient (Wildman–Crippen LogP) is 13.1. The van der Waals surface area contributed by atoms with Crippen LogP contribution in [0, 0.1) is 5.41 Å². The number of fused-ring (bicyclic) bond motifs is 6. The molecule has 260 valence electrons. The SMILES string of the molecule is N=C/C(=C\Nn1c2ccccc2c2cc(-c3ccc4c(c3)c3ccccc3n4-c3ccccc3)ccc21)c1ccccc1-c1ccccc1-c1ccccc1. The van der Waals surface area contributed by atoms with Gasteiger partial charge in [0, 0.05) is 45.2 Å². The Morgan fingerprint density at radius 3 is 1.65 bits per heavy atom. The summed E-state index contributed by atoms with van der Waals surface area (Å²) in [5.74, 6) is 0. The average molecular weight is 705 g/mol. The summed E-state index contributed by atoms with van der Waals surface area (Å²) >= 11 is 0. The quantitative estimate of drug-likeness (QED) is 0.152. The fourth-order valence-corrected chi connectivity index (χ4v) is 8.19. The third kappa shape index (κ3) is 5.51. The van der Waals surface area contributed by atoms with Crippen molar-refractivity contribution in [1.82, 2.24) is 9.24 Å². The van der Waals surface area contributed by atoms with Gasteiger partial charge in [0.25, 0.3) is 0 Å². The van der Waals surface area contributed by atoms with Crippen LogP contribution in [0.1, 0.15) is 5.56 Å². The van der Waals surface area contributed by atoms with Crippen LogP contribution >= 0.6 is 0 Å². The normalized spacial score (nSPS) is 11.8. The molecule has 4 nitrogen and oxygen atoms in total. The van der Waals surface area contributed by atoms with Crippen molar-refractivity contribution in [2.75, 3.05) is 5.43 Å². The van der Waals surface area contributed by atoms with Gasteiger partial charge in [0.2, 0.25) is 0 Å². The van der Waals surface area contributed by atoms with Gasteiger partial charge in [-0.05, 0) is 87.5 Å². The molecule has 0 amide bonds. The lowest BCUT2D eigenvalue weighted by Crippen LogP contribution is -2.09. The molecule has 0 spiro atoms. The number of allylic oxidation sites excluding steroid dienone is 1. The van der Waals surface area contributed by atoms with Crippen molar-refractivity contribution in [3.8, 4) is 39.1 Å². The maximum atomic E-state index is 8.57. The van der Waals surface area contributed by atoms with Crippen LogP contribution in [0.4, 0.5) is 0 Å². The number of benzene rings is 8. The molecule has 2 aromatic heterocycles. The third-order valence-corrected chi connectivity index (χ3v) is 10.7. The Morgan fingerprint density at radius 2 is 0.927 bits per heavy atom. The molecule has 10 aromatic rings. The minimum absolute atomic E-state index is 0.781. The summed E-state index contributed by atoms with van der Waals surface area (Å²) in [6.45, 7) is 0. The number of rotatable bonds is 8. The molecular weight excluding hydrogens is 669 g/mol. The van der Waals surface area contributed by atoms with Crippen LogP contribution in [0.25, 0.3) is 88.3 Å². The molecule has 0 fully saturated rings. The first kappa shape index (κ1) is 32.2. The van der Waals surface area contributed by atoms with Crippen molar-refractivity contribution < 1.29 is 0 Å². The summed E-state index contributed by atoms with van der Waals surface area (Å²) in [4.78, 5) is 0. The zero-order valence-electron chi connectivity index (χ0n) is 30.0. The summed E-state index contributed by atoms with van der Waals surface area (Å²) < 4.78 is 4.49. The average Bonchev–Trinajstić information content (AvgIpc) is 3.76. The number of hydrogen-bond acceptors (Lipinski definition) is 2. The molecule has 0 atom stereocenters. The van der Waals surface area contributed by atoms with Gasteiger partial charge in [0.05, 0.1) is 22.1 Å². The van der Waals surface area contributed by atoms with Crippen molar-refractivity contribution in [1.29, 1.82) is 5.41 Å². The minimum Gasteiger partial charge on any atom is -0.309 e. The number of para-hydroxylation sites is 3. The largest absolute Gasteiger partial charge is 0.309 e. The molecule has 8 aromatic carbocycles. The fraction of sp³-hybridized carbons (Fsp3) is 0. The van der Waals surface area contributed by atoms with E-state index in [4.69, 9.17) is 5.41 Å². The van der Waals surface area contributed by atoms with Crippen LogP contribution in [0.2, 0.25) is 0 Å². The number of nitrogens with zero attached hydrogens (tertiary/aromatic N) is 2.